The maximum absolute atomic E-state index is 12.6. The Kier molecular flexibility index (Phi) is 4.65. The smallest absolute Gasteiger partial charge is 0.325 e. The first-order chi connectivity index (χ1) is 10.4. The molecule has 1 aromatic rings. The van der Waals surface area contributed by atoms with Crippen LogP contribution in [0.2, 0.25) is 0 Å². The van der Waals surface area contributed by atoms with Crippen LogP contribution < -0.4 is 10.6 Å². The van der Waals surface area contributed by atoms with Gasteiger partial charge in [-0.05, 0) is 13.0 Å². The Labute approximate surface area is 136 Å². The number of hydrogen-bond donors (Lipinski definition) is 2. The van der Waals surface area contributed by atoms with E-state index in [2.05, 4.69) is 33.1 Å². The molecule has 1 aliphatic heterocycles. The van der Waals surface area contributed by atoms with Gasteiger partial charge in [0.05, 0.1) is 0 Å². The normalized spacial score (nSPS) is 20.7. The van der Waals surface area contributed by atoms with E-state index in [0.717, 1.165) is 4.90 Å². The Morgan fingerprint density at radius 3 is 2.77 bits per heavy atom. The number of amides is 4. The van der Waals surface area contributed by atoms with E-state index in [-0.39, 0.29) is 13.1 Å². The molecule has 1 fully saturated rings. The molecule has 116 valence electrons. The number of imide groups is 1. The highest BCUT2D eigenvalue weighted by Gasteiger charge is 2.50. The van der Waals surface area contributed by atoms with Crippen molar-refractivity contribution in [2.24, 2.45) is 0 Å². The summed E-state index contributed by atoms with van der Waals surface area (Å²) in [6.45, 7) is 5.07. The van der Waals surface area contributed by atoms with Gasteiger partial charge in [0, 0.05) is 16.6 Å². The van der Waals surface area contributed by atoms with Crippen LogP contribution in [0.15, 0.2) is 41.4 Å². The zero-order valence-electron chi connectivity index (χ0n) is 12.1. The second-order valence-electron chi connectivity index (χ2n) is 5.02. The maximum Gasteiger partial charge on any atom is 0.325 e. The molecule has 2 N–H and O–H groups in total. The molecule has 7 heteroatoms. The monoisotopic (exact) mass is 365 g/mol. The standard InChI is InChI=1S/C15H16BrN3O3/c1-3-8-17-12(20)9-19-13(21)15(2,18-14(19)22)10-6-4-5-7-11(10)16/h3-7H,1,8-9H2,2H3,(H,17,20)(H,18,22). The number of carbonyl (C=O) groups excluding carboxylic acids is 3. The lowest BCUT2D eigenvalue weighted by Crippen LogP contribution is -2.43. The van der Waals surface area contributed by atoms with Crippen LogP contribution in [0.25, 0.3) is 0 Å². The van der Waals surface area contributed by atoms with Crippen molar-refractivity contribution in [3.63, 3.8) is 0 Å². The van der Waals surface area contributed by atoms with Crippen molar-refractivity contribution in [1.82, 2.24) is 15.5 Å². The van der Waals surface area contributed by atoms with Crippen LogP contribution in [-0.2, 0) is 15.1 Å². The number of nitrogens with one attached hydrogen (secondary N) is 2. The predicted molar refractivity (Wildman–Crippen MR) is 84.9 cm³/mol. The molecular weight excluding hydrogens is 350 g/mol. The summed E-state index contributed by atoms with van der Waals surface area (Å²) in [4.78, 5) is 37.3. The molecule has 1 unspecified atom stereocenters. The van der Waals surface area contributed by atoms with Gasteiger partial charge in [0.15, 0.2) is 0 Å². The average molecular weight is 366 g/mol. The molecule has 1 aromatic carbocycles. The van der Waals surface area contributed by atoms with Crippen molar-refractivity contribution in [3.8, 4) is 0 Å². The van der Waals surface area contributed by atoms with Gasteiger partial charge in [-0.1, -0.05) is 40.2 Å². The summed E-state index contributed by atoms with van der Waals surface area (Å²) in [6, 6.07) is 6.56. The number of halogens is 1. The highest BCUT2D eigenvalue weighted by molar-refractivity contribution is 9.10. The van der Waals surface area contributed by atoms with Crippen molar-refractivity contribution in [3.05, 3.63) is 47.0 Å². The molecular formula is C15H16BrN3O3. The summed E-state index contributed by atoms with van der Waals surface area (Å²) in [7, 11) is 0. The fourth-order valence-electron chi connectivity index (χ4n) is 2.28. The highest BCUT2D eigenvalue weighted by atomic mass is 79.9. The van der Waals surface area contributed by atoms with Crippen LogP contribution in [-0.4, -0.2) is 35.8 Å². The fraction of sp³-hybridized carbons (Fsp3) is 0.267. The Hall–Kier alpha value is -2.15. The van der Waals surface area contributed by atoms with Crippen molar-refractivity contribution in [1.29, 1.82) is 0 Å². The lowest BCUT2D eigenvalue weighted by Gasteiger charge is -2.23. The van der Waals surface area contributed by atoms with Crippen LogP contribution in [0.5, 0.6) is 0 Å². The van der Waals surface area contributed by atoms with E-state index in [1.54, 1.807) is 25.1 Å². The molecule has 22 heavy (non-hydrogen) atoms. The second kappa shape index (κ2) is 6.31. The zero-order valence-corrected chi connectivity index (χ0v) is 13.6. The molecule has 2 rings (SSSR count). The van der Waals surface area contributed by atoms with Crippen LogP contribution in [0.4, 0.5) is 4.79 Å². The number of benzene rings is 1. The van der Waals surface area contributed by atoms with E-state index in [9.17, 15) is 14.4 Å². The lowest BCUT2D eigenvalue weighted by molar-refractivity contribution is -0.134. The average Bonchev–Trinajstić information content (AvgIpc) is 2.70. The van der Waals surface area contributed by atoms with E-state index in [0.29, 0.717) is 10.0 Å². The zero-order chi connectivity index (χ0) is 16.3. The number of rotatable bonds is 5. The summed E-state index contributed by atoms with van der Waals surface area (Å²) in [5.74, 6) is -0.877. The molecule has 1 heterocycles. The molecule has 6 nitrogen and oxygen atoms in total. The minimum atomic E-state index is -1.20. The molecule has 1 aliphatic rings. The summed E-state index contributed by atoms with van der Waals surface area (Å²) in [5.41, 5.74) is -0.557. The Morgan fingerprint density at radius 1 is 1.45 bits per heavy atom. The van der Waals surface area contributed by atoms with Crippen LogP contribution in [0.1, 0.15) is 12.5 Å². The van der Waals surface area contributed by atoms with Crippen LogP contribution in [0, 0.1) is 0 Å². The van der Waals surface area contributed by atoms with E-state index in [1.165, 1.54) is 6.08 Å². The van der Waals surface area contributed by atoms with E-state index in [1.807, 2.05) is 6.07 Å². The van der Waals surface area contributed by atoms with Gasteiger partial charge in [-0.25, -0.2) is 4.79 Å². The van der Waals surface area contributed by atoms with Gasteiger partial charge < -0.3 is 10.6 Å². The molecule has 0 radical (unpaired) electrons. The summed E-state index contributed by atoms with van der Waals surface area (Å²) in [5, 5.41) is 5.19. The fourth-order valence-corrected chi connectivity index (χ4v) is 2.96. The molecule has 0 bridgehead atoms. The highest BCUT2D eigenvalue weighted by Crippen LogP contribution is 2.33. The molecule has 1 saturated heterocycles. The van der Waals surface area contributed by atoms with Gasteiger partial charge in [-0.15, -0.1) is 6.58 Å². The lowest BCUT2D eigenvalue weighted by atomic mass is 9.92. The molecule has 0 spiro atoms. The van der Waals surface area contributed by atoms with Gasteiger partial charge in [-0.3, -0.25) is 14.5 Å². The number of nitrogens with zero attached hydrogens (tertiary/aromatic N) is 1. The van der Waals surface area contributed by atoms with E-state index >= 15 is 0 Å². The minimum absolute atomic E-state index is 0.282. The minimum Gasteiger partial charge on any atom is -0.351 e. The first kappa shape index (κ1) is 16.2. The Bertz CT molecular complexity index is 647. The van der Waals surface area contributed by atoms with Gasteiger partial charge >= 0.3 is 6.03 Å². The molecule has 0 aliphatic carbocycles. The van der Waals surface area contributed by atoms with Crippen molar-refractivity contribution in [2.75, 3.05) is 13.1 Å². The molecule has 1 atom stereocenters. The summed E-state index contributed by atoms with van der Waals surface area (Å²) >= 11 is 3.38. The van der Waals surface area contributed by atoms with Crippen LogP contribution >= 0.6 is 15.9 Å². The number of carbonyl (C=O) groups is 3. The number of urea groups is 1. The summed E-state index contributed by atoms with van der Waals surface area (Å²) in [6.07, 6.45) is 1.52. The first-order valence-electron chi connectivity index (χ1n) is 6.67. The van der Waals surface area contributed by atoms with Gasteiger partial charge in [0.2, 0.25) is 5.91 Å². The van der Waals surface area contributed by atoms with E-state index in [4.69, 9.17) is 0 Å². The summed E-state index contributed by atoms with van der Waals surface area (Å²) < 4.78 is 0.712. The van der Waals surface area contributed by atoms with Crippen molar-refractivity contribution >= 4 is 33.8 Å². The molecule has 0 saturated carbocycles. The third-order valence-electron chi connectivity index (χ3n) is 3.43. The first-order valence-corrected chi connectivity index (χ1v) is 7.46. The Morgan fingerprint density at radius 2 is 2.14 bits per heavy atom. The third-order valence-corrected chi connectivity index (χ3v) is 4.12. The number of hydrogen-bond acceptors (Lipinski definition) is 3. The van der Waals surface area contributed by atoms with Crippen molar-refractivity contribution in [2.45, 2.75) is 12.5 Å². The molecule has 0 aromatic heterocycles. The van der Waals surface area contributed by atoms with Crippen molar-refractivity contribution < 1.29 is 14.4 Å². The SMILES string of the molecule is C=CCNC(=O)CN1C(=O)NC(C)(c2ccccc2Br)C1=O. The molecule has 4 amide bonds. The van der Waals surface area contributed by atoms with Gasteiger partial charge in [0.25, 0.3) is 5.91 Å². The van der Waals surface area contributed by atoms with Crippen LogP contribution in [0.3, 0.4) is 0 Å². The predicted octanol–water partition coefficient (Wildman–Crippen LogP) is 1.52. The van der Waals surface area contributed by atoms with Gasteiger partial charge in [0.1, 0.15) is 12.1 Å². The third kappa shape index (κ3) is 2.89. The second-order valence-corrected chi connectivity index (χ2v) is 5.87. The van der Waals surface area contributed by atoms with Gasteiger partial charge in [-0.2, -0.15) is 0 Å². The Balaban J connectivity index is 2.23. The topological polar surface area (TPSA) is 78.5 Å². The van der Waals surface area contributed by atoms with E-state index < -0.39 is 23.4 Å². The maximum atomic E-state index is 12.6. The quantitative estimate of drug-likeness (QED) is 0.613. The largest absolute Gasteiger partial charge is 0.351 e.